The lowest BCUT2D eigenvalue weighted by atomic mass is 10.0. The Morgan fingerprint density at radius 3 is 2.50 bits per heavy atom. The van der Waals surface area contributed by atoms with Gasteiger partial charge in [0.25, 0.3) is 5.91 Å². The summed E-state index contributed by atoms with van der Waals surface area (Å²) in [5.41, 5.74) is 1.79. The van der Waals surface area contributed by atoms with E-state index in [1.165, 1.54) is 29.3 Å². The van der Waals surface area contributed by atoms with E-state index in [0.29, 0.717) is 20.6 Å². The summed E-state index contributed by atoms with van der Waals surface area (Å²) in [5, 5.41) is 14.3. The largest absolute Gasteiger partial charge is 0.359 e. The number of anilines is 1. The highest BCUT2D eigenvalue weighted by atomic mass is 35.5. The summed E-state index contributed by atoms with van der Waals surface area (Å²) >= 11 is 13.7. The third kappa shape index (κ3) is 6.04. The lowest BCUT2D eigenvalue weighted by Crippen LogP contribution is -2.49. The van der Waals surface area contributed by atoms with Crippen LogP contribution in [0.15, 0.2) is 72.5 Å². The number of likely N-dealkylation sites (tertiary alicyclic amines) is 1. The molecule has 1 aromatic carbocycles. The molecule has 176 valence electrons. The minimum Gasteiger partial charge on any atom is -0.359 e. The zero-order chi connectivity index (χ0) is 23.9. The van der Waals surface area contributed by atoms with Gasteiger partial charge in [0.15, 0.2) is 0 Å². The minimum absolute atomic E-state index is 0.0492. The Morgan fingerprint density at radius 2 is 1.85 bits per heavy atom. The molecule has 1 saturated heterocycles. The van der Waals surface area contributed by atoms with Gasteiger partial charge in [-0.1, -0.05) is 59.6 Å². The molecule has 0 saturated carbocycles. The van der Waals surface area contributed by atoms with Gasteiger partial charge in [-0.2, -0.15) is 0 Å². The lowest BCUT2D eigenvalue weighted by Gasteiger charge is -2.38. The zero-order valence-electron chi connectivity index (χ0n) is 18.5. The molecule has 0 atom stereocenters. The summed E-state index contributed by atoms with van der Waals surface area (Å²) in [7, 11) is 0. The predicted molar refractivity (Wildman–Crippen MR) is 140 cm³/mol. The molecule has 3 heterocycles. The second-order valence-corrected chi connectivity index (χ2v) is 9.75. The Bertz CT molecular complexity index is 1130. The Kier molecular flexibility index (Phi) is 8.34. The van der Waals surface area contributed by atoms with Crippen molar-refractivity contribution in [2.45, 2.75) is 25.4 Å². The number of rotatable bonds is 7. The highest BCUT2D eigenvalue weighted by Crippen LogP contribution is 2.28. The fourth-order valence-electron chi connectivity index (χ4n) is 4.00. The van der Waals surface area contributed by atoms with Gasteiger partial charge >= 0.3 is 0 Å². The Hall–Kier alpha value is -2.71. The van der Waals surface area contributed by atoms with Crippen molar-refractivity contribution >= 4 is 52.0 Å². The van der Waals surface area contributed by atoms with E-state index in [1.54, 1.807) is 23.2 Å². The fourth-order valence-corrected chi connectivity index (χ4v) is 5.14. The van der Waals surface area contributed by atoms with E-state index in [9.17, 15) is 4.79 Å². The lowest BCUT2D eigenvalue weighted by molar-refractivity contribution is 0.0734. The molecule has 1 aliphatic rings. The molecule has 0 spiro atoms. The number of pyridine rings is 1. The average molecular weight is 514 g/mol. The molecule has 0 unspecified atom stereocenters. The van der Waals surface area contributed by atoms with Gasteiger partial charge in [0.2, 0.25) is 0 Å². The second kappa shape index (κ2) is 11.6. The molecule has 1 fully saturated rings. The number of halogens is 2. The SMILES string of the molecule is N=C(/C=C\Nc1c(Cl)cncc1Cl)N(C(=O)c1cccs1)C1CCN(Cc2ccccc2)CC1. The van der Waals surface area contributed by atoms with E-state index in [2.05, 4.69) is 39.5 Å². The number of nitrogens with zero attached hydrogens (tertiary/aromatic N) is 3. The predicted octanol–water partition coefficient (Wildman–Crippen LogP) is 6.16. The van der Waals surface area contributed by atoms with Gasteiger partial charge in [-0.05, 0) is 35.9 Å². The molecule has 0 bridgehead atoms. The number of carbonyl (C=O) groups excluding carboxylic acids is 1. The van der Waals surface area contributed by atoms with E-state index in [1.807, 2.05) is 17.5 Å². The number of carbonyl (C=O) groups is 1. The quantitative estimate of drug-likeness (QED) is 0.293. The van der Waals surface area contributed by atoms with Crippen LogP contribution in [-0.2, 0) is 6.54 Å². The highest BCUT2D eigenvalue weighted by molar-refractivity contribution is 7.12. The molecular weight excluding hydrogens is 489 g/mol. The zero-order valence-corrected chi connectivity index (χ0v) is 20.8. The summed E-state index contributed by atoms with van der Waals surface area (Å²) in [5.74, 6) is -0.0279. The average Bonchev–Trinajstić information content (AvgIpc) is 3.38. The summed E-state index contributed by atoms with van der Waals surface area (Å²) in [6, 6.07) is 14.0. The number of amides is 1. The van der Waals surface area contributed by atoms with Crippen LogP contribution in [0.25, 0.3) is 0 Å². The van der Waals surface area contributed by atoms with E-state index in [-0.39, 0.29) is 17.8 Å². The highest BCUT2D eigenvalue weighted by Gasteiger charge is 2.31. The maximum atomic E-state index is 13.3. The molecule has 3 aromatic rings. The Morgan fingerprint density at radius 1 is 1.15 bits per heavy atom. The summed E-state index contributed by atoms with van der Waals surface area (Å²) in [6.45, 7) is 2.62. The molecule has 9 heteroatoms. The van der Waals surface area contributed by atoms with Crippen molar-refractivity contribution in [3.8, 4) is 0 Å². The molecular formula is C25H25Cl2N5OS. The number of amidine groups is 1. The van der Waals surface area contributed by atoms with Gasteiger partial charge in [-0.3, -0.25) is 25.0 Å². The van der Waals surface area contributed by atoms with Gasteiger partial charge in [-0.15, -0.1) is 11.3 Å². The number of hydrogen-bond acceptors (Lipinski definition) is 6. The summed E-state index contributed by atoms with van der Waals surface area (Å²) in [6.07, 6.45) is 7.73. The smallest absolute Gasteiger partial charge is 0.269 e. The van der Waals surface area contributed by atoms with E-state index in [0.717, 1.165) is 32.5 Å². The first kappa shape index (κ1) is 24.4. The van der Waals surface area contributed by atoms with E-state index >= 15 is 0 Å². The number of nitrogens with one attached hydrogen (secondary N) is 2. The molecule has 6 nitrogen and oxygen atoms in total. The molecule has 2 N–H and O–H groups in total. The molecule has 0 radical (unpaired) electrons. The van der Waals surface area contributed by atoms with Crippen molar-refractivity contribution in [2.75, 3.05) is 18.4 Å². The van der Waals surface area contributed by atoms with Crippen molar-refractivity contribution in [2.24, 2.45) is 0 Å². The number of aromatic nitrogens is 1. The molecule has 34 heavy (non-hydrogen) atoms. The summed E-state index contributed by atoms with van der Waals surface area (Å²) in [4.78, 5) is 21.9. The van der Waals surface area contributed by atoms with Gasteiger partial charge < -0.3 is 5.32 Å². The second-order valence-electron chi connectivity index (χ2n) is 7.99. The standard InChI is InChI=1S/C25H25Cl2N5OS/c26-20-15-29-16-21(27)24(20)30-11-8-23(28)32(25(33)22-7-4-14-34-22)19-9-12-31(13-10-19)17-18-5-2-1-3-6-18/h1-8,11,14-16,19,28H,9-10,12-13,17H2,(H,29,30)/b11-8-,28-23?. The van der Waals surface area contributed by atoms with Crippen LogP contribution in [0.5, 0.6) is 0 Å². The van der Waals surface area contributed by atoms with Gasteiger partial charge in [-0.25, -0.2) is 0 Å². The first-order chi connectivity index (χ1) is 16.5. The number of piperidine rings is 1. The Balaban J connectivity index is 1.45. The van der Waals surface area contributed by atoms with E-state index in [4.69, 9.17) is 28.6 Å². The van der Waals surface area contributed by atoms with Crippen LogP contribution in [0.2, 0.25) is 10.0 Å². The van der Waals surface area contributed by atoms with Crippen LogP contribution in [0, 0.1) is 5.41 Å². The third-order valence-electron chi connectivity index (χ3n) is 5.70. The number of thiophene rings is 1. The molecule has 1 amide bonds. The van der Waals surface area contributed by atoms with Crippen LogP contribution in [0.1, 0.15) is 28.1 Å². The fraction of sp³-hybridized carbons (Fsp3) is 0.240. The third-order valence-corrected chi connectivity index (χ3v) is 7.13. The van der Waals surface area contributed by atoms with Crippen LogP contribution in [0.4, 0.5) is 5.69 Å². The number of benzene rings is 1. The molecule has 2 aromatic heterocycles. The molecule has 0 aliphatic carbocycles. The van der Waals surface area contributed by atoms with Crippen LogP contribution in [-0.4, -0.2) is 45.7 Å². The van der Waals surface area contributed by atoms with Gasteiger partial charge in [0.05, 0.1) is 20.6 Å². The minimum atomic E-state index is -0.147. The van der Waals surface area contributed by atoms with Crippen molar-refractivity contribution in [1.82, 2.24) is 14.8 Å². The van der Waals surface area contributed by atoms with Crippen molar-refractivity contribution in [3.05, 3.63) is 93.0 Å². The monoisotopic (exact) mass is 513 g/mol. The van der Waals surface area contributed by atoms with E-state index < -0.39 is 0 Å². The van der Waals surface area contributed by atoms with Crippen LogP contribution >= 0.6 is 34.5 Å². The van der Waals surface area contributed by atoms with Gasteiger partial charge in [0, 0.05) is 44.3 Å². The first-order valence-electron chi connectivity index (χ1n) is 11.0. The summed E-state index contributed by atoms with van der Waals surface area (Å²) < 4.78 is 0. The van der Waals surface area contributed by atoms with Crippen molar-refractivity contribution in [3.63, 3.8) is 0 Å². The molecule has 4 rings (SSSR count). The van der Waals surface area contributed by atoms with Crippen molar-refractivity contribution < 1.29 is 4.79 Å². The number of hydrogen-bond donors (Lipinski definition) is 2. The topological polar surface area (TPSA) is 72.3 Å². The maximum Gasteiger partial charge on any atom is 0.269 e. The first-order valence-corrected chi connectivity index (χ1v) is 12.6. The molecule has 1 aliphatic heterocycles. The van der Waals surface area contributed by atoms with Crippen molar-refractivity contribution in [1.29, 1.82) is 5.41 Å². The van der Waals surface area contributed by atoms with Crippen LogP contribution < -0.4 is 5.32 Å². The van der Waals surface area contributed by atoms with Gasteiger partial charge in [0.1, 0.15) is 5.84 Å². The Labute approximate surface area is 213 Å². The normalized spacial score (nSPS) is 14.9. The maximum absolute atomic E-state index is 13.3. The van der Waals surface area contributed by atoms with Crippen LogP contribution in [0.3, 0.4) is 0 Å².